The van der Waals surface area contributed by atoms with E-state index >= 15 is 0 Å². The van der Waals surface area contributed by atoms with Gasteiger partial charge in [-0.25, -0.2) is 9.97 Å². The average molecular weight is 296 g/mol. The summed E-state index contributed by atoms with van der Waals surface area (Å²) in [6.07, 6.45) is 1.36. The number of hydrogen-bond acceptors (Lipinski definition) is 5. The Bertz CT molecular complexity index is 628. The van der Waals surface area contributed by atoms with Crippen molar-refractivity contribution >= 4 is 29.0 Å². The molecule has 0 aliphatic heterocycles. The number of rotatable bonds is 2. The topological polar surface area (TPSA) is 104 Å². The quantitative estimate of drug-likeness (QED) is 0.384. The van der Waals surface area contributed by atoms with Crippen LogP contribution in [0.2, 0.25) is 10.0 Å². The molecule has 0 aliphatic carbocycles. The number of nitrogens with two attached hydrogens (primary N) is 2. The lowest BCUT2D eigenvalue weighted by Gasteiger charge is -2.13. The van der Waals surface area contributed by atoms with Crippen LogP contribution in [0.5, 0.6) is 0 Å². The maximum absolute atomic E-state index is 5.96. The number of hydrazone groups is 1. The molecule has 0 amide bonds. The minimum absolute atomic E-state index is 0.128. The fraction of sp³-hybridized carbons (Fsp3) is 0. The summed E-state index contributed by atoms with van der Waals surface area (Å²) in [5.41, 5.74) is 5.26. The van der Waals surface area contributed by atoms with Gasteiger partial charge < -0.3 is 22.2 Å². The van der Waals surface area contributed by atoms with Crippen molar-refractivity contribution in [2.75, 3.05) is 0 Å². The first-order valence-electron chi connectivity index (χ1n) is 5.12. The van der Waals surface area contributed by atoms with Crippen LogP contribution in [0.25, 0.3) is 16.7 Å². The molecular weight excluding hydrogens is 287 g/mol. The van der Waals surface area contributed by atoms with Gasteiger partial charge in [-0.1, -0.05) is 29.3 Å². The number of hydrogen-bond donors (Lipinski definition) is 2. The van der Waals surface area contributed by atoms with Gasteiger partial charge in [0.25, 0.3) is 0 Å². The molecular formula is C11H9Cl2N6-. The fourth-order valence-electron chi connectivity index (χ4n) is 1.46. The Morgan fingerprint density at radius 2 is 1.95 bits per heavy atom. The van der Waals surface area contributed by atoms with Crippen LogP contribution in [-0.4, -0.2) is 15.8 Å². The monoisotopic (exact) mass is 295 g/mol. The molecule has 0 saturated carbocycles. The third-order valence-electron chi connectivity index (χ3n) is 2.36. The van der Waals surface area contributed by atoms with E-state index in [0.29, 0.717) is 21.4 Å². The standard InChI is InChI=1S/C11H9Cl2N6/c12-7-2-1-6(3-8(7)13)9-4-10(17-5-16-9)11(18-14)19-15/h1-5H,14-15H2/q-1. The van der Waals surface area contributed by atoms with Gasteiger partial charge in [0.2, 0.25) is 0 Å². The highest BCUT2D eigenvalue weighted by Crippen LogP contribution is 2.27. The van der Waals surface area contributed by atoms with E-state index in [9.17, 15) is 0 Å². The maximum atomic E-state index is 5.96. The Kier molecular flexibility index (Phi) is 4.16. The van der Waals surface area contributed by atoms with Crippen LogP contribution in [0, 0.1) is 0 Å². The van der Waals surface area contributed by atoms with E-state index in [1.165, 1.54) is 6.33 Å². The molecule has 0 atom stereocenters. The Balaban J connectivity index is 2.46. The van der Waals surface area contributed by atoms with Gasteiger partial charge in [-0.2, -0.15) is 0 Å². The van der Waals surface area contributed by atoms with Crippen molar-refractivity contribution in [1.29, 1.82) is 0 Å². The number of benzene rings is 1. The minimum atomic E-state index is 0.128. The lowest BCUT2D eigenvalue weighted by Crippen LogP contribution is -2.10. The van der Waals surface area contributed by atoms with E-state index in [1.54, 1.807) is 24.3 Å². The summed E-state index contributed by atoms with van der Waals surface area (Å²) in [5.74, 6) is 10.5. The zero-order chi connectivity index (χ0) is 13.8. The van der Waals surface area contributed by atoms with Crippen molar-refractivity contribution in [1.82, 2.24) is 9.97 Å². The van der Waals surface area contributed by atoms with E-state index in [0.717, 1.165) is 5.56 Å². The van der Waals surface area contributed by atoms with Crippen LogP contribution >= 0.6 is 23.2 Å². The molecule has 2 aromatic rings. The van der Waals surface area contributed by atoms with Gasteiger partial charge in [0, 0.05) is 5.56 Å². The molecule has 0 aliphatic rings. The Hall–Kier alpha value is -1.89. The van der Waals surface area contributed by atoms with Gasteiger partial charge in [0.05, 0.1) is 21.4 Å². The molecule has 1 aromatic heterocycles. The summed E-state index contributed by atoms with van der Waals surface area (Å²) in [5, 5.41) is 4.34. The van der Waals surface area contributed by atoms with Crippen molar-refractivity contribution in [3.8, 4) is 11.3 Å². The molecule has 0 bridgehead atoms. The lowest BCUT2D eigenvalue weighted by atomic mass is 10.1. The molecule has 19 heavy (non-hydrogen) atoms. The molecule has 2 rings (SSSR count). The summed E-state index contributed by atoms with van der Waals surface area (Å²) in [7, 11) is 0. The predicted molar refractivity (Wildman–Crippen MR) is 75.8 cm³/mol. The van der Waals surface area contributed by atoms with Crippen molar-refractivity contribution in [2.24, 2.45) is 16.8 Å². The Morgan fingerprint density at radius 3 is 2.58 bits per heavy atom. The van der Waals surface area contributed by atoms with Gasteiger partial charge in [-0.15, -0.1) is 0 Å². The number of nitrogens with zero attached hydrogens (tertiary/aromatic N) is 4. The van der Waals surface area contributed by atoms with Gasteiger partial charge >= 0.3 is 0 Å². The highest BCUT2D eigenvalue weighted by atomic mass is 35.5. The van der Waals surface area contributed by atoms with Crippen LogP contribution in [-0.2, 0) is 0 Å². The minimum Gasteiger partial charge on any atom is -0.411 e. The lowest BCUT2D eigenvalue weighted by molar-refractivity contribution is 1.14. The molecule has 4 N–H and O–H groups in total. The van der Waals surface area contributed by atoms with Crippen molar-refractivity contribution in [3.05, 3.63) is 51.8 Å². The maximum Gasteiger partial charge on any atom is 0.116 e. The van der Waals surface area contributed by atoms with Crippen LogP contribution in [0.1, 0.15) is 5.69 Å². The summed E-state index contributed by atoms with van der Waals surface area (Å²) < 4.78 is 0. The van der Waals surface area contributed by atoms with Crippen molar-refractivity contribution in [2.45, 2.75) is 0 Å². The largest absolute Gasteiger partial charge is 0.411 e. The average Bonchev–Trinajstić information content (AvgIpc) is 2.44. The van der Waals surface area contributed by atoms with E-state index in [2.05, 4.69) is 20.5 Å². The molecule has 0 radical (unpaired) electrons. The third-order valence-corrected chi connectivity index (χ3v) is 3.10. The number of aromatic nitrogens is 2. The van der Waals surface area contributed by atoms with E-state index < -0.39 is 0 Å². The molecule has 98 valence electrons. The normalized spacial score (nSPS) is 11.4. The molecule has 0 saturated heterocycles. The second-order valence-electron chi connectivity index (χ2n) is 3.50. The summed E-state index contributed by atoms with van der Waals surface area (Å²) in [6, 6.07) is 6.84. The van der Waals surface area contributed by atoms with E-state index in [1.807, 2.05) is 0 Å². The number of halogens is 2. The first-order chi connectivity index (χ1) is 9.15. The second-order valence-corrected chi connectivity index (χ2v) is 4.31. The van der Waals surface area contributed by atoms with Gasteiger partial charge in [-0.05, 0) is 24.0 Å². The summed E-state index contributed by atoms with van der Waals surface area (Å²) in [6.45, 7) is 0. The molecule has 0 fully saturated rings. The first kappa shape index (κ1) is 13.5. The van der Waals surface area contributed by atoms with Crippen LogP contribution in [0.4, 0.5) is 0 Å². The fourth-order valence-corrected chi connectivity index (χ4v) is 1.76. The molecule has 0 unspecified atom stereocenters. The summed E-state index contributed by atoms with van der Waals surface area (Å²) >= 11 is 11.8. The zero-order valence-electron chi connectivity index (χ0n) is 9.59. The summed E-state index contributed by atoms with van der Waals surface area (Å²) in [4.78, 5) is 8.13. The van der Waals surface area contributed by atoms with E-state index in [4.69, 9.17) is 34.9 Å². The van der Waals surface area contributed by atoms with Crippen molar-refractivity contribution < 1.29 is 0 Å². The molecule has 6 nitrogen and oxygen atoms in total. The highest BCUT2D eigenvalue weighted by molar-refractivity contribution is 6.42. The van der Waals surface area contributed by atoms with Gasteiger partial charge in [0.1, 0.15) is 6.33 Å². The number of amidine groups is 1. The molecule has 0 spiro atoms. The SMILES string of the molecule is N/N=C(\[N-]N)c1cc(-c2ccc(Cl)c(Cl)c2)ncn1. The third kappa shape index (κ3) is 2.93. The Morgan fingerprint density at radius 1 is 1.16 bits per heavy atom. The zero-order valence-corrected chi connectivity index (χ0v) is 11.1. The predicted octanol–water partition coefficient (Wildman–Crippen LogP) is 2.32. The smallest absolute Gasteiger partial charge is 0.116 e. The first-order valence-corrected chi connectivity index (χ1v) is 5.88. The molecule has 8 heteroatoms. The van der Waals surface area contributed by atoms with Crippen molar-refractivity contribution in [3.63, 3.8) is 0 Å². The Labute approximate surface area is 119 Å². The van der Waals surface area contributed by atoms with Gasteiger partial charge in [0.15, 0.2) is 0 Å². The molecule has 1 aromatic carbocycles. The van der Waals surface area contributed by atoms with Crippen LogP contribution < -0.4 is 11.7 Å². The van der Waals surface area contributed by atoms with Crippen LogP contribution in [0.3, 0.4) is 0 Å². The van der Waals surface area contributed by atoms with Gasteiger partial charge in [-0.3, -0.25) is 0 Å². The van der Waals surface area contributed by atoms with Crippen LogP contribution in [0.15, 0.2) is 35.7 Å². The van der Waals surface area contributed by atoms with E-state index in [-0.39, 0.29) is 5.84 Å². The highest BCUT2D eigenvalue weighted by Gasteiger charge is 2.05. The molecule has 1 heterocycles. The second kappa shape index (κ2) is 5.83.